The molecule has 0 spiro atoms. The second-order valence-corrected chi connectivity index (χ2v) is 6.50. The van der Waals surface area contributed by atoms with Crippen LogP contribution >= 0.6 is 23.5 Å². The van der Waals surface area contributed by atoms with Crippen LogP contribution in [0.1, 0.15) is 19.8 Å². The normalized spacial score (nSPS) is 21.2. The van der Waals surface area contributed by atoms with Crippen LogP contribution in [-0.2, 0) is 0 Å². The smallest absolute Gasteiger partial charge is 0.0226 e. The van der Waals surface area contributed by atoms with Gasteiger partial charge < -0.3 is 5.73 Å². The molecule has 1 heterocycles. The molecule has 1 saturated heterocycles. The Morgan fingerprint density at radius 1 is 1.40 bits per heavy atom. The summed E-state index contributed by atoms with van der Waals surface area (Å²) in [4.78, 5) is 2.61. The minimum atomic E-state index is 0.628. The fourth-order valence-electron chi connectivity index (χ4n) is 1.94. The molecule has 1 aliphatic rings. The molecule has 15 heavy (non-hydrogen) atoms. The van der Waals surface area contributed by atoms with E-state index in [2.05, 4.69) is 23.6 Å². The SMILES string of the molecule is CCSCCC(CN)N1CCCSCC1. The van der Waals surface area contributed by atoms with E-state index < -0.39 is 0 Å². The van der Waals surface area contributed by atoms with Crippen LogP contribution in [0, 0.1) is 0 Å². The second kappa shape index (κ2) is 8.74. The number of nitrogens with two attached hydrogens (primary N) is 1. The molecule has 0 bridgehead atoms. The zero-order chi connectivity index (χ0) is 10.9. The first-order valence-corrected chi connectivity index (χ1v) is 8.29. The zero-order valence-electron chi connectivity index (χ0n) is 9.78. The molecule has 0 amide bonds. The summed E-state index contributed by atoms with van der Waals surface area (Å²) in [6.07, 6.45) is 2.60. The van der Waals surface area contributed by atoms with Gasteiger partial charge in [0.25, 0.3) is 0 Å². The first kappa shape index (κ1) is 13.7. The monoisotopic (exact) mass is 248 g/mol. The first-order chi connectivity index (χ1) is 7.38. The molecule has 1 atom stereocenters. The highest BCUT2D eigenvalue weighted by atomic mass is 32.2. The lowest BCUT2D eigenvalue weighted by molar-refractivity contribution is 0.212. The molecule has 0 radical (unpaired) electrons. The average Bonchev–Trinajstić information content (AvgIpc) is 2.53. The molecule has 0 aromatic carbocycles. The fourth-order valence-corrected chi connectivity index (χ4v) is 3.57. The van der Waals surface area contributed by atoms with E-state index in [1.807, 2.05) is 11.8 Å². The van der Waals surface area contributed by atoms with E-state index in [-0.39, 0.29) is 0 Å². The van der Waals surface area contributed by atoms with Crippen LogP contribution < -0.4 is 5.73 Å². The Balaban J connectivity index is 2.27. The molecule has 90 valence electrons. The van der Waals surface area contributed by atoms with E-state index in [0.717, 1.165) is 6.54 Å². The Morgan fingerprint density at radius 2 is 2.27 bits per heavy atom. The van der Waals surface area contributed by atoms with Crippen molar-refractivity contribution in [3.05, 3.63) is 0 Å². The number of hydrogen-bond donors (Lipinski definition) is 1. The van der Waals surface area contributed by atoms with Crippen molar-refractivity contribution in [2.75, 3.05) is 42.6 Å². The largest absolute Gasteiger partial charge is 0.329 e. The predicted octanol–water partition coefficient (Wildman–Crippen LogP) is 1.90. The van der Waals surface area contributed by atoms with Gasteiger partial charge >= 0.3 is 0 Å². The van der Waals surface area contributed by atoms with E-state index in [1.165, 1.54) is 48.9 Å². The molecule has 0 saturated carbocycles. The number of nitrogens with zero attached hydrogens (tertiary/aromatic N) is 1. The molecule has 2 N–H and O–H groups in total. The van der Waals surface area contributed by atoms with Gasteiger partial charge in [0.1, 0.15) is 0 Å². The minimum absolute atomic E-state index is 0.628. The van der Waals surface area contributed by atoms with Crippen LogP contribution in [0.3, 0.4) is 0 Å². The van der Waals surface area contributed by atoms with Crippen molar-refractivity contribution in [3.8, 4) is 0 Å². The van der Waals surface area contributed by atoms with Crippen molar-refractivity contribution < 1.29 is 0 Å². The van der Waals surface area contributed by atoms with Crippen molar-refractivity contribution in [1.82, 2.24) is 4.90 Å². The lowest BCUT2D eigenvalue weighted by Gasteiger charge is -2.29. The predicted molar refractivity (Wildman–Crippen MR) is 74.0 cm³/mol. The van der Waals surface area contributed by atoms with E-state index in [0.29, 0.717) is 6.04 Å². The van der Waals surface area contributed by atoms with E-state index in [1.54, 1.807) is 0 Å². The van der Waals surface area contributed by atoms with Gasteiger partial charge in [-0.2, -0.15) is 23.5 Å². The third-order valence-corrected chi connectivity index (χ3v) is 4.83. The van der Waals surface area contributed by atoms with Crippen molar-refractivity contribution >= 4 is 23.5 Å². The summed E-state index contributed by atoms with van der Waals surface area (Å²) in [7, 11) is 0. The molecule has 1 rings (SSSR count). The maximum Gasteiger partial charge on any atom is 0.0226 e. The summed E-state index contributed by atoms with van der Waals surface area (Å²) in [5, 5.41) is 0. The van der Waals surface area contributed by atoms with E-state index in [4.69, 9.17) is 5.73 Å². The van der Waals surface area contributed by atoms with E-state index >= 15 is 0 Å². The lowest BCUT2D eigenvalue weighted by atomic mass is 10.2. The van der Waals surface area contributed by atoms with Gasteiger partial charge in [0, 0.05) is 24.9 Å². The van der Waals surface area contributed by atoms with Crippen molar-refractivity contribution in [2.45, 2.75) is 25.8 Å². The average molecular weight is 248 g/mol. The fraction of sp³-hybridized carbons (Fsp3) is 1.00. The molecular formula is C11H24N2S2. The van der Waals surface area contributed by atoms with E-state index in [9.17, 15) is 0 Å². The Labute approximate surface area is 103 Å². The van der Waals surface area contributed by atoms with Crippen LogP contribution in [0.5, 0.6) is 0 Å². The molecule has 4 heteroatoms. The van der Waals surface area contributed by atoms with Crippen LogP contribution in [0.25, 0.3) is 0 Å². The first-order valence-electron chi connectivity index (χ1n) is 5.98. The molecule has 1 unspecified atom stereocenters. The highest BCUT2D eigenvalue weighted by molar-refractivity contribution is 7.99. The highest BCUT2D eigenvalue weighted by Crippen LogP contribution is 2.15. The third-order valence-electron chi connectivity index (χ3n) is 2.84. The summed E-state index contributed by atoms with van der Waals surface area (Å²) in [5.74, 6) is 5.12. The van der Waals surface area contributed by atoms with Crippen molar-refractivity contribution in [3.63, 3.8) is 0 Å². The summed E-state index contributed by atoms with van der Waals surface area (Å²) in [6, 6.07) is 0.628. The molecule has 0 aliphatic carbocycles. The van der Waals surface area contributed by atoms with Crippen LogP contribution in [0.15, 0.2) is 0 Å². The molecule has 1 fully saturated rings. The van der Waals surface area contributed by atoms with Gasteiger partial charge in [-0.3, -0.25) is 4.90 Å². The second-order valence-electron chi connectivity index (χ2n) is 3.88. The lowest BCUT2D eigenvalue weighted by Crippen LogP contribution is -2.42. The Hall–Kier alpha value is 0.620. The van der Waals surface area contributed by atoms with Crippen LogP contribution in [0.2, 0.25) is 0 Å². The molecule has 0 aromatic rings. The van der Waals surface area contributed by atoms with Gasteiger partial charge in [0.2, 0.25) is 0 Å². The van der Waals surface area contributed by atoms with Gasteiger partial charge in [-0.05, 0) is 36.6 Å². The topological polar surface area (TPSA) is 29.3 Å². The molecule has 0 aromatic heterocycles. The summed E-state index contributed by atoms with van der Waals surface area (Å²) < 4.78 is 0. The zero-order valence-corrected chi connectivity index (χ0v) is 11.4. The Morgan fingerprint density at radius 3 is 3.00 bits per heavy atom. The summed E-state index contributed by atoms with van der Waals surface area (Å²) >= 11 is 4.12. The van der Waals surface area contributed by atoms with Crippen molar-refractivity contribution in [2.24, 2.45) is 5.73 Å². The van der Waals surface area contributed by atoms with Crippen LogP contribution in [-0.4, -0.2) is 53.6 Å². The Kier molecular flexibility index (Phi) is 7.97. The minimum Gasteiger partial charge on any atom is -0.329 e. The number of rotatable bonds is 6. The Bertz CT molecular complexity index is 148. The maximum absolute atomic E-state index is 5.88. The molecular weight excluding hydrogens is 224 g/mol. The number of hydrogen-bond acceptors (Lipinski definition) is 4. The maximum atomic E-state index is 5.88. The number of thioether (sulfide) groups is 2. The van der Waals surface area contributed by atoms with Crippen LogP contribution in [0.4, 0.5) is 0 Å². The van der Waals surface area contributed by atoms with Gasteiger partial charge in [0.05, 0.1) is 0 Å². The summed E-state index contributed by atoms with van der Waals surface area (Å²) in [6.45, 7) is 5.55. The highest BCUT2D eigenvalue weighted by Gasteiger charge is 2.17. The standard InChI is InChI=1S/C11H24N2S2/c1-2-14-8-4-11(10-12)13-5-3-7-15-9-6-13/h11H,2-10,12H2,1H3. The third kappa shape index (κ3) is 5.48. The summed E-state index contributed by atoms with van der Waals surface area (Å²) in [5.41, 5.74) is 5.88. The quantitative estimate of drug-likeness (QED) is 0.727. The molecule has 1 aliphatic heterocycles. The van der Waals surface area contributed by atoms with Gasteiger partial charge in [0.15, 0.2) is 0 Å². The van der Waals surface area contributed by atoms with Crippen molar-refractivity contribution in [1.29, 1.82) is 0 Å². The van der Waals surface area contributed by atoms with Gasteiger partial charge in [-0.25, -0.2) is 0 Å². The van der Waals surface area contributed by atoms with Gasteiger partial charge in [-0.1, -0.05) is 6.92 Å². The van der Waals surface area contributed by atoms with Gasteiger partial charge in [-0.15, -0.1) is 0 Å². The molecule has 2 nitrogen and oxygen atoms in total.